The molecule has 27 heavy (non-hydrogen) atoms. The van der Waals surface area contributed by atoms with E-state index < -0.39 is 11.7 Å². The van der Waals surface area contributed by atoms with Gasteiger partial charge in [-0.15, -0.1) is 10.2 Å². The summed E-state index contributed by atoms with van der Waals surface area (Å²) < 4.78 is 37.8. The molecule has 0 radical (unpaired) electrons. The van der Waals surface area contributed by atoms with E-state index in [2.05, 4.69) is 20.4 Å². The first kappa shape index (κ1) is 19.7. The average molecular weight is 399 g/mol. The zero-order chi connectivity index (χ0) is 19.4. The highest BCUT2D eigenvalue weighted by Crippen LogP contribution is 2.29. The van der Waals surface area contributed by atoms with Crippen LogP contribution in [0.2, 0.25) is 0 Å². The lowest BCUT2D eigenvalue weighted by molar-refractivity contribution is -0.137. The molecule has 6 nitrogen and oxygen atoms in total. The van der Waals surface area contributed by atoms with Crippen LogP contribution in [0.15, 0.2) is 24.3 Å². The Kier molecular flexibility index (Phi) is 6.08. The van der Waals surface area contributed by atoms with Crippen molar-refractivity contribution in [3.8, 4) is 0 Å². The molecule has 2 heterocycles. The van der Waals surface area contributed by atoms with Gasteiger partial charge in [-0.05, 0) is 24.6 Å². The van der Waals surface area contributed by atoms with Crippen molar-refractivity contribution in [2.45, 2.75) is 19.6 Å². The number of halogens is 3. The number of aryl methyl sites for hydroxylation is 1. The lowest BCUT2D eigenvalue weighted by Gasteiger charge is -2.34. The first-order chi connectivity index (χ1) is 12.8. The Morgan fingerprint density at radius 3 is 2.30 bits per heavy atom. The van der Waals surface area contributed by atoms with Gasteiger partial charge in [0.2, 0.25) is 11.0 Å². The van der Waals surface area contributed by atoms with Crippen LogP contribution < -0.4 is 5.32 Å². The zero-order valence-corrected chi connectivity index (χ0v) is 15.6. The number of rotatable bonds is 5. The summed E-state index contributed by atoms with van der Waals surface area (Å²) in [5.41, 5.74) is 0.216. The van der Waals surface area contributed by atoms with Gasteiger partial charge >= 0.3 is 6.18 Å². The fourth-order valence-corrected chi connectivity index (χ4v) is 3.48. The number of nitrogens with one attached hydrogen (secondary N) is 1. The van der Waals surface area contributed by atoms with E-state index >= 15 is 0 Å². The molecule has 0 bridgehead atoms. The second kappa shape index (κ2) is 8.32. The van der Waals surface area contributed by atoms with Crippen molar-refractivity contribution in [3.63, 3.8) is 0 Å². The number of alkyl halides is 3. The van der Waals surface area contributed by atoms with E-state index in [1.807, 2.05) is 11.8 Å². The number of benzene rings is 1. The molecular weight excluding hydrogens is 379 g/mol. The average Bonchev–Trinajstić information content (AvgIpc) is 3.01. The van der Waals surface area contributed by atoms with Crippen LogP contribution in [0.3, 0.4) is 0 Å². The summed E-state index contributed by atoms with van der Waals surface area (Å²) in [5, 5.41) is 11.8. The monoisotopic (exact) mass is 399 g/mol. The second-order valence-corrected chi connectivity index (χ2v) is 7.60. The van der Waals surface area contributed by atoms with Gasteiger partial charge in [0.1, 0.15) is 5.01 Å². The van der Waals surface area contributed by atoms with Crippen molar-refractivity contribution in [2.75, 3.05) is 38.0 Å². The second-order valence-electron chi connectivity index (χ2n) is 6.42. The molecule has 1 aliphatic rings. The lowest BCUT2D eigenvalue weighted by Crippen LogP contribution is -2.48. The maximum Gasteiger partial charge on any atom is 0.416 e. The van der Waals surface area contributed by atoms with Crippen molar-refractivity contribution in [1.82, 2.24) is 20.0 Å². The topological polar surface area (TPSA) is 61.4 Å². The van der Waals surface area contributed by atoms with Gasteiger partial charge in [-0.3, -0.25) is 19.9 Å². The third-order valence-corrected chi connectivity index (χ3v) is 5.05. The Labute approximate surface area is 159 Å². The van der Waals surface area contributed by atoms with Crippen LogP contribution in [0.5, 0.6) is 0 Å². The van der Waals surface area contributed by atoms with Crippen LogP contribution in [0.4, 0.5) is 18.3 Å². The Morgan fingerprint density at radius 2 is 1.74 bits per heavy atom. The molecule has 0 spiro atoms. The van der Waals surface area contributed by atoms with Crippen molar-refractivity contribution in [1.29, 1.82) is 0 Å². The molecule has 0 unspecified atom stereocenters. The van der Waals surface area contributed by atoms with Crippen LogP contribution in [0.25, 0.3) is 0 Å². The van der Waals surface area contributed by atoms with Crippen molar-refractivity contribution >= 4 is 22.4 Å². The minimum atomic E-state index is -4.31. The first-order valence-corrected chi connectivity index (χ1v) is 9.32. The number of hydrogen-bond acceptors (Lipinski definition) is 6. The molecule has 1 N–H and O–H groups in total. The smallest absolute Gasteiger partial charge is 0.299 e. The van der Waals surface area contributed by atoms with Crippen LogP contribution in [0.1, 0.15) is 16.1 Å². The van der Waals surface area contributed by atoms with Crippen molar-refractivity contribution < 1.29 is 18.0 Å². The number of hydrogen-bond donors (Lipinski definition) is 1. The molecule has 1 aromatic carbocycles. The van der Waals surface area contributed by atoms with Gasteiger partial charge in [0.05, 0.1) is 12.1 Å². The number of carbonyl (C=O) groups is 1. The van der Waals surface area contributed by atoms with Gasteiger partial charge in [-0.1, -0.05) is 23.5 Å². The standard InChI is InChI=1S/C17H20F3N5OS/c1-12-22-23-16(27-12)21-15(26)11-25-8-6-24(7-9-25)10-13-2-4-14(5-3-13)17(18,19)20/h2-5H,6-11H2,1H3,(H,21,23,26). The fraction of sp³-hybridized carbons (Fsp3) is 0.471. The van der Waals surface area contributed by atoms with E-state index in [1.165, 1.54) is 23.5 Å². The van der Waals surface area contributed by atoms with E-state index in [-0.39, 0.29) is 12.5 Å². The minimum Gasteiger partial charge on any atom is -0.299 e. The number of carbonyl (C=O) groups excluding carboxylic acids is 1. The van der Waals surface area contributed by atoms with Gasteiger partial charge in [-0.25, -0.2) is 0 Å². The van der Waals surface area contributed by atoms with E-state index in [0.717, 1.165) is 48.9 Å². The van der Waals surface area contributed by atoms with Gasteiger partial charge in [0, 0.05) is 32.7 Å². The maximum absolute atomic E-state index is 12.6. The number of amides is 1. The van der Waals surface area contributed by atoms with E-state index in [0.29, 0.717) is 11.7 Å². The summed E-state index contributed by atoms with van der Waals surface area (Å²) in [4.78, 5) is 16.3. The molecule has 146 valence electrons. The van der Waals surface area contributed by atoms with Crippen LogP contribution >= 0.6 is 11.3 Å². The molecule has 0 aliphatic carbocycles. The third-order valence-electron chi connectivity index (χ3n) is 4.29. The van der Waals surface area contributed by atoms with E-state index in [1.54, 1.807) is 0 Å². The van der Waals surface area contributed by atoms with Crippen LogP contribution in [-0.4, -0.2) is 58.6 Å². The molecule has 10 heteroatoms. The highest BCUT2D eigenvalue weighted by Gasteiger charge is 2.30. The molecule has 0 atom stereocenters. The maximum atomic E-state index is 12.6. The number of nitrogens with zero attached hydrogens (tertiary/aromatic N) is 4. The molecule has 1 aliphatic heterocycles. The highest BCUT2D eigenvalue weighted by atomic mass is 32.1. The van der Waals surface area contributed by atoms with Gasteiger partial charge < -0.3 is 0 Å². The SMILES string of the molecule is Cc1nnc(NC(=O)CN2CCN(Cc3ccc(C(F)(F)F)cc3)CC2)s1. The largest absolute Gasteiger partial charge is 0.416 e. The van der Waals surface area contributed by atoms with Crippen molar-refractivity contribution in [2.24, 2.45) is 0 Å². The summed E-state index contributed by atoms with van der Waals surface area (Å²) in [6, 6.07) is 5.27. The summed E-state index contributed by atoms with van der Waals surface area (Å²) in [5.74, 6) is -0.123. The summed E-state index contributed by atoms with van der Waals surface area (Å²) in [6.07, 6.45) is -4.31. The van der Waals surface area contributed by atoms with Crippen molar-refractivity contribution in [3.05, 3.63) is 40.4 Å². The van der Waals surface area contributed by atoms with E-state index in [9.17, 15) is 18.0 Å². The highest BCUT2D eigenvalue weighted by molar-refractivity contribution is 7.15. The molecule has 1 saturated heterocycles. The Morgan fingerprint density at radius 1 is 1.11 bits per heavy atom. The predicted octanol–water partition coefficient (Wildman–Crippen LogP) is 2.62. The predicted molar refractivity (Wildman–Crippen MR) is 96.4 cm³/mol. The van der Waals surface area contributed by atoms with E-state index in [4.69, 9.17) is 0 Å². The molecule has 3 rings (SSSR count). The summed E-state index contributed by atoms with van der Waals surface area (Å²) in [7, 11) is 0. The molecule has 1 amide bonds. The van der Waals surface area contributed by atoms with Gasteiger partial charge in [0.15, 0.2) is 0 Å². The van der Waals surface area contributed by atoms with Crippen LogP contribution in [0, 0.1) is 6.92 Å². The van der Waals surface area contributed by atoms with Gasteiger partial charge in [-0.2, -0.15) is 13.2 Å². The Balaban J connectivity index is 1.42. The molecule has 1 fully saturated rings. The molecule has 1 aromatic heterocycles. The fourth-order valence-electron chi connectivity index (χ4n) is 2.87. The quantitative estimate of drug-likeness (QED) is 0.838. The summed E-state index contributed by atoms with van der Waals surface area (Å²) >= 11 is 1.33. The zero-order valence-electron chi connectivity index (χ0n) is 14.8. The molecule has 2 aromatic rings. The third kappa shape index (κ3) is 5.72. The first-order valence-electron chi connectivity index (χ1n) is 8.50. The summed E-state index contributed by atoms with van der Waals surface area (Å²) in [6.45, 7) is 5.67. The van der Waals surface area contributed by atoms with Gasteiger partial charge in [0.25, 0.3) is 0 Å². The number of piperazine rings is 1. The Hall–Kier alpha value is -2.04. The lowest BCUT2D eigenvalue weighted by atomic mass is 10.1. The minimum absolute atomic E-state index is 0.123. The Bertz CT molecular complexity index is 770. The number of anilines is 1. The molecular formula is C17H20F3N5OS. The molecule has 0 saturated carbocycles. The normalized spacial score (nSPS) is 16.4. The number of aromatic nitrogens is 2. The van der Waals surface area contributed by atoms with Crippen LogP contribution in [-0.2, 0) is 17.5 Å².